The van der Waals surface area contributed by atoms with Gasteiger partial charge in [0.15, 0.2) is 5.65 Å². The SMILES string of the molecule is CCN(CC1CC1)c1nc(NN)nc2[nH]ncc12. The Hall–Kier alpha value is -1.89. The Morgan fingerprint density at radius 3 is 3.00 bits per heavy atom. The van der Waals surface area contributed by atoms with E-state index >= 15 is 0 Å². The van der Waals surface area contributed by atoms with Gasteiger partial charge in [-0.2, -0.15) is 15.1 Å². The minimum absolute atomic E-state index is 0.413. The van der Waals surface area contributed by atoms with Crippen LogP contribution in [0.2, 0.25) is 0 Å². The van der Waals surface area contributed by atoms with Gasteiger partial charge in [-0.05, 0) is 25.7 Å². The molecule has 96 valence electrons. The Morgan fingerprint density at radius 1 is 1.50 bits per heavy atom. The summed E-state index contributed by atoms with van der Waals surface area (Å²) in [4.78, 5) is 11.0. The second-order valence-corrected chi connectivity index (χ2v) is 4.63. The molecule has 0 aromatic carbocycles. The van der Waals surface area contributed by atoms with Gasteiger partial charge in [0.2, 0.25) is 5.95 Å². The van der Waals surface area contributed by atoms with Crippen LogP contribution in [-0.2, 0) is 0 Å². The topological polar surface area (TPSA) is 95.8 Å². The molecule has 0 bridgehead atoms. The van der Waals surface area contributed by atoms with Crippen molar-refractivity contribution >= 4 is 22.8 Å². The van der Waals surface area contributed by atoms with E-state index < -0.39 is 0 Å². The van der Waals surface area contributed by atoms with E-state index in [0.717, 1.165) is 30.2 Å². The molecule has 0 aliphatic heterocycles. The van der Waals surface area contributed by atoms with Crippen LogP contribution in [0.4, 0.5) is 11.8 Å². The van der Waals surface area contributed by atoms with E-state index in [9.17, 15) is 0 Å². The van der Waals surface area contributed by atoms with Crippen molar-refractivity contribution in [3.8, 4) is 0 Å². The molecule has 2 heterocycles. The fraction of sp³-hybridized carbons (Fsp3) is 0.545. The van der Waals surface area contributed by atoms with Gasteiger partial charge >= 0.3 is 0 Å². The fourth-order valence-corrected chi connectivity index (χ4v) is 2.10. The fourth-order valence-electron chi connectivity index (χ4n) is 2.10. The predicted octanol–water partition coefficient (Wildman–Crippen LogP) is 0.875. The zero-order valence-electron chi connectivity index (χ0n) is 10.3. The molecule has 0 unspecified atom stereocenters. The summed E-state index contributed by atoms with van der Waals surface area (Å²) in [5.74, 6) is 7.52. The number of fused-ring (bicyclic) bond motifs is 1. The Kier molecular flexibility index (Phi) is 2.75. The first-order chi connectivity index (χ1) is 8.81. The number of aromatic nitrogens is 4. The van der Waals surface area contributed by atoms with Crippen molar-refractivity contribution in [1.82, 2.24) is 20.2 Å². The van der Waals surface area contributed by atoms with Crippen molar-refractivity contribution in [2.45, 2.75) is 19.8 Å². The number of hydrazine groups is 1. The van der Waals surface area contributed by atoms with E-state index in [2.05, 4.69) is 37.4 Å². The van der Waals surface area contributed by atoms with Crippen LogP contribution in [0, 0.1) is 5.92 Å². The average molecular weight is 247 g/mol. The highest BCUT2D eigenvalue weighted by atomic mass is 15.3. The lowest BCUT2D eigenvalue weighted by molar-refractivity contribution is 0.734. The number of hydrogen-bond donors (Lipinski definition) is 3. The van der Waals surface area contributed by atoms with E-state index in [1.165, 1.54) is 12.8 Å². The molecule has 2 aromatic rings. The molecule has 0 radical (unpaired) electrons. The van der Waals surface area contributed by atoms with E-state index in [1.54, 1.807) is 6.20 Å². The third-order valence-corrected chi connectivity index (χ3v) is 3.28. The van der Waals surface area contributed by atoms with Crippen LogP contribution in [0.1, 0.15) is 19.8 Å². The van der Waals surface area contributed by atoms with Gasteiger partial charge in [-0.15, -0.1) is 0 Å². The minimum Gasteiger partial charge on any atom is -0.356 e. The van der Waals surface area contributed by atoms with Crippen LogP contribution < -0.4 is 16.2 Å². The molecule has 1 aliphatic carbocycles. The number of H-pyrrole nitrogens is 1. The second-order valence-electron chi connectivity index (χ2n) is 4.63. The van der Waals surface area contributed by atoms with Gasteiger partial charge in [0.1, 0.15) is 5.82 Å². The van der Waals surface area contributed by atoms with Crippen LogP contribution in [0.25, 0.3) is 11.0 Å². The molecule has 4 N–H and O–H groups in total. The van der Waals surface area contributed by atoms with Crippen molar-refractivity contribution in [3.63, 3.8) is 0 Å². The van der Waals surface area contributed by atoms with Crippen molar-refractivity contribution < 1.29 is 0 Å². The van der Waals surface area contributed by atoms with Gasteiger partial charge < -0.3 is 4.90 Å². The number of rotatable bonds is 5. The van der Waals surface area contributed by atoms with E-state index in [4.69, 9.17) is 5.84 Å². The van der Waals surface area contributed by atoms with Crippen LogP contribution in [0.3, 0.4) is 0 Å². The lowest BCUT2D eigenvalue weighted by Crippen LogP contribution is -2.27. The first kappa shape index (κ1) is 11.2. The number of aromatic amines is 1. The molecular formula is C11H17N7. The van der Waals surface area contributed by atoms with Crippen LogP contribution >= 0.6 is 0 Å². The number of hydrogen-bond acceptors (Lipinski definition) is 6. The zero-order chi connectivity index (χ0) is 12.5. The van der Waals surface area contributed by atoms with Gasteiger partial charge in [-0.1, -0.05) is 0 Å². The third-order valence-electron chi connectivity index (χ3n) is 3.28. The standard InChI is InChI=1S/C11H17N7/c1-2-18(6-7-3-4-7)10-8-5-13-17-9(8)14-11(15-10)16-12/h5,7H,2-4,6,12H2,1H3,(H2,13,14,15,16,17). The largest absolute Gasteiger partial charge is 0.356 e. The van der Waals surface area contributed by atoms with Gasteiger partial charge in [-0.25, -0.2) is 5.84 Å². The Morgan fingerprint density at radius 2 is 2.33 bits per heavy atom. The summed E-state index contributed by atoms with van der Waals surface area (Å²) in [6, 6.07) is 0. The van der Waals surface area contributed by atoms with Crippen molar-refractivity contribution in [3.05, 3.63) is 6.20 Å². The molecule has 0 amide bonds. The lowest BCUT2D eigenvalue weighted by atomic mass is 10.3. The number of nitrogens with two attached hydrogens (primary N) is 1. The summed E-state index contributed by atoms with van der Waals surface area (Å²) in [7, 11) is 0. The number of nitrogens with one attached hydrogen (secondary N) is 2. The molecule has 2 aromatic heterocycles. The summed E-state index contributed by atoms with van der Waals surface area (Å²) in [6.45, 7) is 4.08. The molecule has 3 rings (SSSR count). The summed E-state index contributed by atoms with van der Waals surface area (Å²) in [6.07, 6.45) is 4.40. The highest BCUT2D eigenvalue weighted by molar-refractivity contribution is 5.87. The molecule has 7 nitrogen and oxygen atoms in total. The molecule has 0 spiro atoms. The summed E-state index contributed by atoms with van der Waals surface area (Å²) in [5.41, 5.74) is 3.21. The maximum Gasteiger partial charge on any atom is 0.241 e. The first-order valence-corrected chi connectivity index (χ1v) is 6.24. The molecule has 7 heteroatoms. The van der Waals surface area contributed by atoms with Crippen molar-refractivity contribution in [1.29, 1.82) is 0 Å². The number of anilines is 2. The molecule has 1 aliphatic rings. The summed E-state index contributed by atoms with van der Waals surface area (Å²) < 4.78 is 0. The highest BCUT2D eigenvalue weighted by Crippen LogP contribution is 2.32. The average Bonchev–Trinajstić information content (AvgIpc) is 3.09. The normalized spacial score (nSPS) is 15.0. The molecule has 1 saturated carbocycles. The molecule has 0 atom stereocenters. The Bertz CT molecular complexity index is 545. The van der Waals surface area contributed by atoms with Crippen LogP contribution in [0.5, 0.6) is 0 Å². The van der Waals surface area contributed by atoms with Gasteiger partial charge in [-0.3, -0.25) is 10.5 Å². The Balaban J connectivity index is 2.03. The molecular weight excluding hydrogens is 230 g/mol. The Labute approximate surface area is 105 Å². The summed E-state index contributed by atoms with van der Waals surface area (Å²) >= 11 is 0. The number of nitrogens with zero attached hydrogens (tertiary/aromatic N) is 4. The molecule has 18 heavy (non-hydrogen) atoms. The maximum absolute atomic E-state index is 5.41. The number of nitrogen functional groups attached to an aromatic ring is 1. The quantitative estimate of drug-likeness (QED) is 0.536. The van der Waals surface area contributed by atoms with Gasteiger partial charge in [0, 0.05) is 13.1 Å². The highest BCUT2D eigenvalue weighted by Gasteiger charge is 2.25. The van der Waals surface area contributed by atoms with E-state index in [1.807, 2.05) is 0 Å². The van der Waals surface area contributed by atoms with Gasteiger partial charge in [0.25, 0.3) is 0 Å². The lowest BCUT2D eigenvalue weighted by Gasteiger charge is -2.22. The smallest absolute Gasteiger partial charge is 0.241 e. The third kappa shape index (κ3) is 1.97. The second kappa shape index (κ2) is 4.41. The summed E-state index contributed by atoms with van der Waals surface area (Å²) in [5, 5.41) is 7.83. The van der Waals surface area contributed by atoms with E-state index in [-0.39, 0.29) is 0 Å². The molecule has 0 saturated heterocycles. The minimum atomic E-state index is 0.413. The molecule has 1 fully saturated rings. The maximum atomic E-state index is 5.41. The van der Waals surface area contributed by atoms with Crippen molar-refractivity contribution in [2.75, 3.05) is 23.4 Å². The van der Waals surface area contributed by atoms with Crippen LogP contribution in [0.15, 0.2) is 6.20 Å². The monoisotopic (exact) mass is 247 g/mol. The van der Waals surface area contributed by atoms with Gasteiger partial charge in [0.05, 0.1) is 11.6 Å². The van der Waals surface area contributed by atoms with E-state index in [0.29, 0.717) is 11.6 Å². The first-order valence-electron chi connectivity index (χ1n) is 6.24. The zero-order valence-corrected chi connectivity index (χ0v) is 10.3. The van der Waals surface area contributed by atoms with Crippen LogP contribution in [-0.4, -0.2) is 33.3 Å². The predicted molar refractivity (Wildman–Crippen MR) is 70.1 cm³/mol. The van der Waals surface area contributed by atoms with Crippen molar-refractivity contribution in [2.24, 2.45) is 11.8 Å².